The van der Waals surface area contributed by atoms with Crippen molar-refractivity contribution in [2.24, 2.45) is 0 Å². The maximum atomic E-state index is 12.5. The van der Waals surface area contributed by atoms with Crippen molar-refractivity contribution >= 4 is 22.7 Å². The number of nitrogens with zero attached hydrogens (tertiary/aromatic N) is 1. The summed E-state index contributed by atoms with van der Waals surface area (Å²) in [5, 5.41) is 13.3. The molecule has 6 heteroatoms. The van der Waals surface area contributed by atoms with Crippen molar-refractivity contribution in [3.8, 4) is 23.0 Å². The van der Waals surface area contributed by atoms with Gasteiger partial charge in [0.2, 0.25) is 5.89 Å². The molecule has 0 radical (unpaired) electrons. The first-order valence-electron chi connectivity index (χ1n) is 9.12. The molecular formula is C23H20N2O4. The molecular weight excluding hydrogens is 368 g/mol. The molecule has 0 bridgehead atoms. The van der Waals surface area contributed by atoms with Crippen molar-refractivity contribution in [2.75, 3.05) is 12.4 Å². The molecule has 4 aromatic rings. The zero-order valence-corrected chi connectivity index (χ0v) is 16.3. The van der Waals surface area contributed by atoms with Gasteiger partial charge < -0.3 is 19.6 Å². The highest BCUT2D eigenvalue weighted by molar-refractivity contribution is 6.06. The molecule has 1 amide bonds. The average molecular weight is 388 g/mol. The molecule has 0 aliphatic carbocycles. The molecule has 1 heterocycles. The lowest BCUT2D eigenvalue weighted by Crippen LogP contribution is -2.13. The average Bonchev–Trinajstić information content (AvgIpc) is 3.10. The van der Waals surface area contributed by atoms with Gasteiger partial charge in [-0.05, 0) is 61.4 Å². The molecule has 29 heavy (non-hydrogen) atoms. The van der Waals surface area contributed by atoms with Crippen LogP contribution in [0.4, 0.5) is 5.69 Å². The molecule has 0 aliphatic heterocycles. The highest BCUT2D eigenvalue weighted by Gasteiger charge is 2.16. The second-order valence-corrected chi connectivity index (χ2v) is 6.81. The summed E-state index contributed by atoms with van der Waals surface area (Å²) in [6.07, 6.45) is 0. The lowest BCUT2D eigenvalue weighted by atomic mass is 10.1. The second-order valence-electron chi connectivity index (χ2n) is 6.81. The lowest BCUT2D eigenvalue weighted by molar-refractivity contribution is 0.102. The molecule has 6 nitrogen and oxygen atoms in total. The minimum Gasteiger partial charge on any atom is -0.507 e. The molecule has 3 aromatic carbocycles. The molecule has 146 valence electrons. The van der Waals surface area contributed by atoms with E-state index in [0.717, 1.165) is 16.6 Å². The fraction of sp³-hybridized carbons (Fsp3) is 0.130. The summed E-state index contributed by atoms with van der Waals surface area (Å²) in [5.41, 5.74) is 4.93. The number of phenols is 1. The van der Waals surface area contributed by atoms with Gasteiger partial charge in [0.15, 0.2) is 5.58 Å². The van der Waals surface area contributed by atoms with Crippen LogP contribution in [0, 0.1) is 13.8 Å². The monoisotopic (exact) mass is 388 g/mol. The maximum Gasteiger partial charge on any atom is 0.259 e. The minimum atomic E-state index is -0.331. The molecule has 2 N–H and O–H groups in total. The van der Waals surface area contributed by atoms with Gasteiger partial charge in [-0.25, -0.2) is 4.98 Å². The predicted molar refractivity (Wildman–Crippen MR) is 112 cm³/mol. The van der Waals surface area contributed by atoms with Gasteiger partial charge in [-0.15, -0.1) is 0 Å². The third kappa shape index (κ3) is 3.52. The van der Waals surface area contributed by atoms with E-state index in [1.54, 1.807) is 36.4 Å². The number of para-hydroxylation sites is 1. The number of aromatic hydroxyl groups is 1. The van der Waals surface area contributed by atoms with E-state index in [1.165, 1.54) is 13.2 Å². The van der Waals surface area contributed by atoms with Crippen molar-refractivity contribution < 1.29 is 19.1 Å². The Morgan fingerprint density at radius 1 is 1.07 bits per heavy atom. The number of anilines is 1. The largest absolute Gasteiger partial charge is 0.507 e. The fourth-order valence-electron chi connectivity index (χ4n) is 3.12. The number of carbonyl (C=O) groups is 1. The van der Waals surface area contributed by atoms with Gasteiger partial charge in [0.25, 0.3) is 5.91 Å². The zero-order chi connectivity index (χ0) is 20.5. The highest BCUT2D eigenvalue weighted by atomic mass is 16.5. The van der Waals surface area contributed by atoms with E-state index in [1.807, 2.05) is 26.0 Å². The number of carbonyl (C=O) groups excluding carboxylic acids is 1. The highest BCUT2D eigenvalue weighted by Crippen LogP contribution is 2.34. The summed E-state index contributed by atoms with van der Waals surface area (Å²) in [5.74, 6) is 0.429. The van der Waals surface area contributed by atoms with E-state index in [-0.39, 0.29) is 11.7 Å². The van der Waals surface area contributed by atoms with E-state index in [2.05, 4.69) is 10.3 Å². The smallest absolute Gasteiger partial charge is 0.259 e. The summed E-state index contributed by atoms with van der Waals surface area (Å²) >= 11 is 0. The minimum absolute atomic E-state index is 0.0390. The van der Waals surface area contributed by atoms with Crippen LogP contribution in [0.1, 0.15) is 21.5 Å². The SMILES string of the molecule is COc1ccccc1C(=O)Nc1ccc(-c2nc3cc(C)c(C)cc3o2)c(O)c1. The van der Waals surface area contributed by atoms with Gasteiger partial charge in [-0.2, -0.15) is 0 Å². The Kier molecular flexibility index (Phi) is 4.68. The number of amides is 1. The van der Waals surface area contributed by atoms with Crippen LogP contribution in [0.25, 0.3) is 22.6 Å². The molecule has 0 unspecified atom stereocenters. The Balaban J connectivity index is 1.62. The van der Waals surface area contributed by atoms with Crippen LogP contribution in [0.3, 0.4) is 0 Å². The normalized spacial score (nSPS) is 10.9. The van der Waals surface area contributed by atoms with Crippen molar-refractivity contribution in [1.29, 1.82) is 0 Å². The van der Waals surface area contributed by atoms with Gasteiger partial charge in [0, 0.05) is 11.8 Å². The third-order valence-corrected chi connectivity index (χ3v) is 4.84. The van der Waals surface area contributed by atoms with Crippen molar-refractivity contribution in [3.63, 3.8) is 0 Å². The number of oxazole rings is 1. The van der Waals surface area contributed by atoms with E-state index >= 15 is 0 Å². The first kappa shape index (κ1) is 18.6. The van der Waals surface area contributed by atoms with Crippen LogP contribution < -0.4 is 10.1 Å². The summed E-state index contributed by atoms with van der Waals surface area (Å²) in [7, 11) is 1.51. The predicted octanol–water partition coefficient (Wildman–Crippen LogP) is 5.08. The second kappa shape index (κ2) is 7.31. The topological polar surface area (TPSA) is 84.6 Å². The van der Waals surface area contributed by atoms with Crippen LogP contribution in [0.5, 0.6) is 11.5 Å². The molecule has 4 rings (SSSR count). The number of nitrogens with one attached hydrogen (secondary N) is 1. The third-order valence-electron chi connectivity index (χ3n) is 4.84. The summed E-state index contributed by atoms with van der Waals surface area (Å²) < 4.78 is 11.0. The Labute approximate surface area is 167 Å². The number of fused-ring (bicyclic) bond motifs is 1. The standard InChI is InChI=1S/C23H20N2O4/c1-13-10-18-21(11-14(13)2)29-23(25-18)16-9-8-15(12-19(16)26)24-22(27)17-6-4-5-7-20(17)28-3/h4-12,26H,1-3H3,(H,24,27). The Morgan fingerprint density at radius 2 is 1.83 bits per heavy atom. The fourth-order valence-corrected chi connectivity index (χ4v) is 3.12. The molecule has 0 fully saturated rings. The van der Waals surface area contributed by atoms with Gasteiger partial charge in [0.1, 0.15) is 17.0 Å². The Hall–Kier alpha value is -3.80. The van der Waals surface area contributed by atoms with Crippen LogP contribution in [0.2, 0.25) is 0 Å². The van der Waals surface area contributed by atoms with Crippen molar-refractivity contribution in [2.45, 2.75) is 13.8 Å². The van der Waals surface area contributed by atoms with E-state index < -0.39 is 0 Å². The van der Waals surface area contributed by atoms with Crippen LogP contribution in [0.15, 0.2) is 59.0 Å². The maximum absolute atomic E-state index is 12.5. The van der Waals surface area contributed by atoms with E-state index in [9.17, 15) is 9.90 Å². The molecule has 0 spiro atoms. The Morgan fingerprint density at radius 3 is 2.59 bits per heavy atom. The van der Waals surface area contributed by atoms with Crippen LogP contribution >= 0.6 is 0 Å². The van der Waals surface area contributed by atoms with Gasteiger partial charge in [0.05, 0.1) is 18.2 Å². The quantitative estimate of drug-likeness (QED) is 0.509. The summed E-state index contributed by atoms with van der Waals surface area (Å²) in [6.45, 7) is 4.02. The van der Waals surface area contributed by atoms with Gasteiger partial charge in [-0.1, -0.05) is 12.1 Å². The van der Waals surface area contributed by atoms with Crippen LogP contribution in [-0.2, 0) is 0 Å². The lowest BCUT2D eigenvalue weighted by Gasteiger charge is -2.10. The number of hydrogen-bond acceptors (Lipinski definition) is 5. The van der Waals surface area contributed by atoms with Crippen molar-refractivity contribution in [1.82, 2.24) is 4.98 Å². The molecule has 0 aliphatic rings. The van der Waals surface area contributed by atoms with E-state index in [4.69, 9.17) is 9.15 Å². The zero-order valence-electron chi connectivity index (χ0n) is 16.3. The van der Waals surface area contributed by atoms with E-state index in [0.29, 0.717) is 34.0 Å². The van der Waals surface area contributed by atoms with Crippen molar-refractivity contribution in [3.05, 3.63) is 71.3 Å². The summed E-state index contributed by atoms with van der Waals surface area (Å²) in [4.78, 5) is 17.0. The number of rotatable bonds is 4. The molecule has 0 saturated carbocycles. The Bertz CT molecular complexity index is 1190. The number of methoxy groups -OCH3 is 1. The molecule has 1 aromatic heterocycles. The van der Waals surface area contributed by atoms with Gasteiger partial charge in [-0.3, -0.25) is 4.79 Å². The first-order valence-corrected chi connectivity index (χ1v) is 9.12. The number of benzene rings is 3. The summed E-state index contributed by atoms with van der Waals surface area (Å²) in [6, 6.07) is 15.6. The number of aryl methyl sites for hydroxylation is 2. The first-order chi connectivity index (χ1) is 14.0. The molecule has 0 atom stereocenters. The molecule has 0 saturated heterocycles. The number of hydrogen-bond donors (Lipinski definition) is 2. The van der Waals surface area contributed by atoms with Crippen LogP contribution in [-0.4, -0.2) is 23.1 Å². The number of ether oxygens (including phenoxy) is 1. The van der Waals surface area contributed by atoms with Gasteiger partial charge >= 0.3 is 0 Å². The number of aromatic nitrogens is 1. The number of phenolic OH excluding ortho intramolecular Hbond substituents is 1.